The van der Waals surface area contributed by atoms with Crippen molar-refractivity contribution in [2.24, 2.45) is 12.0 Å². The molecule has 8 nitrogen and oxygen atoms in total. The maximum Gasteiger partial charge on any atom is 0.291 e. The molecule has 0 bridgehead atoms. The molecule has 0 fully saturated rings. The highest BCUT2D eigenvalue weighted by molar-refractivity contribution is 7.19. The van der Waals surface area contributed by atoms with E-state index in [1.54, 1.807) is 17.5 Å². The molecule has 29 heavy (non-hydrogen) atoms. The number of aliphatic imine (C=N–C) groups is 1. The summed E-state index contributed by atoms with van der Waals surface area (Å²) in [6, 6.07) is 3.76. The summed E-state index contributed by atoms with van der Waals surface area (Å²) in [4.78, 5) is 26.6. The van der Waals surface area contributed by atoms with Crippen molar-refractivity contribution in [3.8, 4) is 0 Å². The number of rotatable bonds is 4. The Morgan fingerprint density at radius 2 is 2.14 bits per heavy atom. The number of hydrogen-bond donors (Lipinski definition) is 1. The first-order valence-corrected chi connectivity index (χ1v) is 10.1. The van der Waals surface area contributed by atoms with E-state index < -0.39 is 0 Å². The van der Waals surface area contributed by atoms with Crippen molar-refractivity contribution in [1.29, 1.82) is 0 Å². The van der Waals surface area contributed by atoms with E-state index in [0.717, 1.165) is 38.6 Å². The van der Waals surface area contributed by atoms with Crippen LogP contribution in [-0.4, -0.2) is 36.6 Å². The highest BCUT2D eigenvalue weighted by Gasteiger charge is 2.19. The number of pyridine rings is 1. The third-order valence-corrected chi connectivity index (χ3v) is 6.20. The van der Waals surface area contributed by atoms with Gasteiger partial charge in [0, 0.05) is 24.6 Å². The lowest BCUT2D eigenvalue weighted by Gasteiger charge is -2.07. The summed E-state index contributed by atoms with van der Waals surface area (Å²) >= 11 is 1.59. The van der Waals surface area contributed by atoms with Crippen molar-refractivity contribution in [2.45, 2.75) is 19.9 Å². The molecule has 0 aliphatic carbocycles. The molecule has 0 atom stereocenters. The number of aromatic nitrogens is 5. The van der Waals surface area contributed by atoms with E-state index in [2.05, 4.69) is 15.1 Å². The Hall–Kier alpha value is -3.33. The summed E-state index contributed by atoms with van der Waals surface area (Å²) < 4.78 is 4.26. The molecular formula is C20H19N7OS. The highest BCUT2D eigenvalue weighted by atomic mass is 32.1. The molecule has 2 N–H and O–H groups in total. The average Bonchev–Trinajstić information content (AvgIpc) is 3.40. The van der Waals surface area contributed by atoms with Gasteiger partial charge in [0.05, 0.1) is 29.7 Å². The number of allylic oxidation sites excluding steroid dienone is 1. The lowest BCUT2D eigenvalue weighted by molar-refractivity contribution is 0.633. The molecule has 0 spiro atoms. The second kappa shape index (κ2) is 6.63. The summed E-state index contributed by atoms with van der Waals surface area (Å²) in [5, 5.41) is 6.20. The minimum atomic E-state index is -0.166. The normalized spacial score (nSPS) is 13.7. The number of nitrogen functional groups attached to an aromatic ring is 1. The third-order valence-electron chi connectivity index (χ3n) is 5.12. The minimum absolute atomic E-state index is 0.166. The van der Waals surface area contributed by atoms with Crippen LogP contribution < -0.4 is 11.3 Å². The third kappa shape index (κ3) is 2.94. The fourth-order valence-electron chi connectivity index (χ4n) is 3.53. The van der Waals surface area contributed by atoms with Gasteiger partial charge in [0.1, 0.15) is 16.3 Å². The first-order chi connectivity index (χ1) is 14.0. The molecule has 4 aromatic heterocycles. The van der Waals surface area contributed by atoms with Crippen LogP contribution >= 0.6 is 11.3 Å². The van der Waals surface area contributed by atoms with E-state index >= 15 is 0 Å². The maximum absolute atomic E-state index is 13.1. The molecule has 1 aliphatic heterocycles. The number of anilines is 1. The van der Waals surface area contributed by atoms with Crippen LogP contribution in [0.15, 0.2) is 40.3 Å². The second-order valence-electron chi connectivity index (χ2n) is 7.10. The predicted molar refractivity (Wildman–Crippen MR) is 116 cm³/mol. The van der Waals surface area contributed by atoms with Gasteiger partial charge in [-0.15, -0.1) is 11.3 Å². The van der Waals surface area contributed by atoms with Crippen molar-refractivity contribution in [2.75, 3.05) is 12.3 Å². The number of thiazole rings is 1. The van der Waals surface area contributed by atoms with E-state index in [4.69, 9.17) is 10.7 Å². The Balaban J connectivity index is 1.56. The lowest BCUT2D eigenvalue weighted by atomic mass is 10.2. The second-order valence-corrected chi connectivity index (χ2v) is 8.19. The van der Waals surface area contributed by atoms with Gasteiger partial charge in [-0.2, -0.15) is 5.10 Å². The van der Waals surface area contributed by atoms with Crippen molar-refractivity contribution < 1.29 is 0 Å². The van der Waals surface area contributed by atoms with Crippen molar-refractivity contribution in [1.82, 2.24) is 24.3 Å². The van der Waals surface area contributed by atoms with Gasteiger partial charge in [-0.25, -0.2) is 14.6 Å². The van der Waals surface area contributed by atoms with Gasteiger partial charge in [-0.1, -0.05) is 12.1 Å². The molecule has 0 unspecified atom stereocenters. The average molecular weight is 405 g/mol. The summed E-state index contributed by atoms with van der Waals surface area (Å²) in [7, 11) is 1.87. The topological polar surface area (TPSA) is 104 Å². The molecule has 0 saturated heterocycles. The largest absolute Gasteiger partial charge is 0.383 e. The Morgan fingerprint density at radius 3 is 2.90 bits per heavy atom. The SMILES string of the molecule is Cc1ccc(Cn2ncc3c4sc(CC5=NCC=C5)nc4n(C)c3c2=O)nc1N. The van der Waals surface area contributed by atoms with Crippen LogP contribution in [0.4, 0.5) is 5.82 Å². The fraction of sp³-hybridized carbons (Fsp3) is 0.250. The van der Waals surface area contributed by atoms with Crippen LogP contribution in [0.5, 0.6) is 0 Å². The zero-order valence-electron chi connectivity index (χ0n) is 16.1. The molecule has 0 amide bonds. The number of hydrogen-bond acceptors (Lipinski definition) is 7. The summed E-state index contributed by atoms with van der Waals surface area (Å²) in [5.41, 5.74) is 9.78. The van der Waals surface area contributed by atoms with Crippen molar-refractivity contribution in [3.63, 3.8) is 0 Å². The molecule has 5 rings (SSSR count). The van der Waals surface area contributed by atoms with E-state index in [-0.39, 0.29) is 12.1 Å². The molecule has 146 valence electrons. The van der Waals surface area contributed by atoms with Crippen LogP contribution in [0.25, 0.3) is 21.3 Å². The van der Waals surface area contributed by atoms with Gasteiger partial charge >= 0.3 is 0 Å². The first-order valence-electron chi connectivity index (χ1n) is 9.27. The Bertz CT molecular complexity index is 1390. The first kappa shape index (κ1) is 17.7. The molecule has 0 radical (unpaired) electrons. The van der Waals surface area contributed by atoms with Crippen molar-refractivity contribution >= 4 is 44.1 Å². The summed E-state index contributed by atoms with van der Waals surface area (Å²) in [6.45, 7) is 2.91. The lowest BCUT2D eigenvalue weighted by Crippen LogP contribution is -2.25. The van der Waals surface area contributed by atoms with Crippen LogP contribution in [-0.2, 0) is 20.0 Å². The Kier molecular flexibility index (Phi) is 4.06. The standard InChI is InChI=1S/C20H19N7OS/c1-11-5-6-13(24-18(11)21)10-27-20(28)16-14(9-23-27)17-19(26(16)2)25-15(29-17)8-12-4-3-7-22-12/h3-6,9H,7-8,10H2,1-2H3,(H2,21,24). The van der Waals surface area contributed by atoms with Gasteiger partial charge in [0.15, 0.2) is 5.65 Å². The Morgan fingerprint density at radius 1 is 1.28 bits per heavy atom. The number of nitrogens with zero attached hydrogens (tertiary/aromatic N) is 6. The zero-order valence-corrected chi connectivity index (χ0v) is 16.9. The highest BCUT2D eigenvalue weighted by Crippen LogP contribution is 2.31. The predicted octanol–water partition coefficient (Wildman–Crippen LogP) is 2.23. The van der Waals surface area contributed by atoms with Crippen LogP contribution in [0, 0.1) is 6.92 Å². The molecule has 0 saturated carbocycles. The smallest absolute Gasteiger partial charge is 0.291 e. The quantitative estimate of drug-likeness (QED) is 0.561. The van der Waals surface area contributed by atoms with E-state index in [0.29, 0.717) is 23.4 Å². The summed E-state index contributed by atoms with van der Waals surface area (Å²) in [5.74, 6) is 0.467. The maximum atomic E-state index is 13.1. The van der Waals surface area contributed by atoms with E-state index in [1.807, 2.05) is 42.8 Å². The minimum Gasteiger partial charge on any atom is -0.383 e. The molecule has 9 heteroatoms. The number of fused-ring (bicyclic) bond motifs is 3. The Labute approximate surface area is 170 Å². The van der Waals surface area contributed by atoms with E-state index in [1.165, 1.54) is 4.68 Å². The van der Waals surface area contributed by atoms with Gasteiger partial charge < -0.3 is 10.3 Å². The number of aryl methyl sites for hydroxylation is 2. The van der Waals surface area contributed by atoms with Gasteiger partial charge in [-0.3, -0.25) is 9.79 Å². The van der Waals surface area contributed by atoms with E-state index in [9.17, 15) is 4.79 Å². The van der Waals surface area contributed by atoms with Gasteiger partial charge in [-0.05, 0) is 24.6 Å². The molecule has 1 aliphatic rings. The molecule has 0 aromatic carbocycles. The van der Waals surface area contributed by atoms with Crippen LogP contribution in [0.2, 0.25) is 0 Å². The monoisotopic (exact) mass is 405 g/mol. The van der Waals surface area contributed by atoms with Gasteiger partial charge in [0.25, 0.3) is 5.56 Å². The van der Waals surface area contributed by atoms with Crippen molar-refractivity contribution in [3.05, 3.63) is 57.1 Å². The van der Waals surface area contributed by atoms with Gasteiger partial charge in [0.2, 0.25) is 0 Å². The number of nitrogens with two attached hydrogens (primary N) is 1. The molecular weight excluding hydrogens is 386 g/mol. The molecule has 4 aromatic rings. The van der Waals surface area contributed by atoms with Crippen LogP contribution in [0.3, 0.4) is 0 Å². The molecule has 5 heterocycles. The summed E-state index contributed by atoms with van der Waals surface area (Å²) in [6.07, 6.45) is 6.53. The van der Waals surface area contributed by atoms with Crippen LogP contribution in [0.1, 0.15) is 16.3 Å². The zero-order chi connectivity index (χ0) is 20.1. The fourth-order valence-corrected chi connectivity index (χ4v) is 4.65.